The number of aryl methyl sites for hydroxylation is 1. The number of piperidine rings is 1. The Morgan fingerprint density at radius 2 is 1.93 bits per heavy atom. The summed E-state index contributed by atoms with van der Waals surface area (Å²) in [6.45, 7) is 2.60. The second-order valence-electron chi connectivity index (χ2n) is 6.79. The maximum absolute atomic E-state index is 13.1. The predicted octanol–water partition coefficient (Wildman–Crippen LogP) is 2.99. The number of benzene rings is 2. The van der Waals surface area contributed by atoms with Crippen molar-refractivity contribution >= 4 is 15.9 Å². The molecule has 0 saturated carbocycles. The first-order chi connectivity index (χ1) is 12.9. The minimum Gasteiger partial charge on any atom is -0.351 e. The van der Waals surface area contributed by atoms with Crippen LogP contribution in [-0.2, 0) is 21.4 Å². The van der Waals surface area contributed by atoms with Gasteiger partial charge in [0.05, 0.1) is 4.90 Å². The van der Waals surface area contributed by atoms with Gasteiger partial charge in [0.1, 0.15) is 11.9 Å². The Hall–Kier alpha value is -2.25. The fourth-order valence-corrected chi connectivity index (χ4v) is 4.98. The molecule has 27 heavy (non-hydrogen) atoms. The van der Waals surface area contributed by atoms with Crippen LogP contribution in [0.5, 0.6) is 0 Å². The Morgan fingerprint density at radius 1 is 1.19 bits per heavy atom. The van der Waals surface area contributed by atoms with Gasteiger partial charge < -0.3 is 5.32 Å². The topological polar surface area (TPSA) is 66.5 Å². The Morgan fingerprint density at radius 3 is 2.63 bits per heavy atom. The van der Waals surface area contributed by atoms with Crippen molar-refractivity contribution in [3.63, 3.8) is 0 Å². The highest BCUT2D eigenvalue weighted by molar-refractivity contribution is 7.89. The van der Waals surface area contributed by atoms with Gasteiger partial charge in [-0.3, -0.25) is 4.79 Å². The number of hydrogen-bond acceptors (Lipinski definition) is 3. The summed E-state index contributed by atoms with van der Waals surface area (Å²) in [6.07, 6.45) is 1.96. The van der Waals surface area contributed by atoms with Gasteiger partial charge >= 0.3 is 0 Å². The summed E-state index contributed by atoms with van der Waals surface area (Å²) in [5.74, 6) is -0.804. The minimum atomic E-state index is -3.86. The SMILES string of the molecule is Cc1cccc(CNC(=O)[C@H]2CCCCN2S(=O)(=O)c2ccc(F)cc2)c1. The predicted molar refractivity (Wildman–Crippen MR) is 101 cm³/mol. The van der Waals surface area contributed by atoms with Gasteiger partial charge in [0.2, 0.25) is 15.9 Å². The lowest BCUT2D eigenvalue weighted by molar-refractivity contribution is -0.125. The van der Waals surface area contributed by atoms with Crippen LogP contribution in [0.15, 0.2) is 53.4 Å². The third kappa shape index (κ3) is 4.54. The summed E-state index contributed by atoms with van der Waals surface area (Å²) >= 11 is 0. The van der Waals surface area contributed by atoms with Crippen LogP contribution in [0, 0.1) is 12.7 Å². The van der Waals surface area contributed by atoms with Crippen LogP contribution in [0.1, 0.15) is 30.4 Å². The first-order valence-electron chi connectivity index (χ1n) is 8.98. The molecule has 1 heterocycles. The van der Waals surface area contributed by atoms with Gasteiger partial charge in [0.25, 0.3) is 0 Å². The monoisotopic (exact) mass is 390 g/mol. The highest BCUT2D eigenvalue weighted by Crippen LogP contribution is 2.25. The summed E-state index contributed by atoms with van der Waals surface area (Å²) in [5, 5.41) is 2.85. The van der Waals surface area contributed by atoms with E-state index in [1.165, 1.54) is 16.4 Å². The molecule has 1 aliphatic heterocycles. The van der Waals surface area contributed by atoms with Crippen molar-refractivity contribution in [3.8, 4) is 0 Å². The maximum atomic E-state index is 13.1. The minimum absolute atomic E-state index is 0.00211. The van der Waals surface area contributed by atoms with E-state index >= 15 is 0 Å². The fourth-order valence-electron chi connectivity index (χ4n) is 3.33. The molecule has 0 spiro atoms. The molecule has 1 aliphatic rings. The van der Waals surface area contributed by atoms with Crippen molar-refractivity contribution in [1.82, 2.24) is 9.62 Å². The van der Waals surface area contributed by atoms with Gasteiger partial charge in [-0.25, -0.2) is 12.8 Å². The highest BCUT2D eigenvalue weighted by atomic mass is 32.2. The molecule has 7 heteroatoms. The number of sulfonamides is 1. The molecule has 144 valence electrons. The average Bonchev–Trinajstić information content (AvgIpc) is 2.66. The lowest BCUT2D eigenvalue weighted by Gasteiger charge is -2.33. The number of carbonyl (C=O) groups excluding carboxylic acids is 1. The first-order valence-corrected chi connectivity index (χ1v) is 10.4. The number of carbonyl (C=O) groups is 1. The van der Waals surface area contributed by atoms with Crippen molar-refractivity contribution < 1.29 is 17.6 Å². The molecule has 1 atom stereocenters. The molecule has 1 saturated heterocycles. The molecule has 2 aromatic rings. The second kappa shape index (κ2) is 8.19. The molecule has 2 aromatic carbocycles. The quantitative estimate of drug-likeness (QED) is 0.854. The van der Waals surface area contributed by atoms with Gasteiger partial charge in [-0.1, -0.05) is 36.2 Å². The molecule has 1 amide bonds. The smallest absolute Gasteiger partial charge is 0.243 e. The van der Waals surface area contributed by atoms with E-state index in [4.69, 9.17) is 0 Å². The van der Waals surface area contributed by atoms with Crippen LogP contribution in [0.4, 0.5) is 4.39 Å². The Labute approximate surface area is 159 Å². The van der Waals surface area contributed by atoms with E-state index < -0.39 is 21.9 Å². The van der Waals surface area contributed by atoms with Crippen LogP contribution in [0.3, 0.4) is 0 Å². The zero-order valence-corrected chi connectivity index (χ0v) is 16.0. The maximum Gasteiger partial charge on any atom is 0.243 e. The van der Waals surface area contributed by atoms with Crippen LogP contribution in [0.2, 0.25) is 0 Å². The van der Waals surface area contributed by atoms with Gasteiger partial charge in [0, 0.05) is 13.1 Å². The summed E-state index contributed by atoms with van der Waals surface area (Å²) in [5.41, 5.74) is 2.06. The summed E-state index contributed by atoms with van der Waals surface area (Å²) in [7, 11) is -3.86. The van der Waals surface area contributed by atoms with Crippen molar-refractivity contribution in [2.75, 3.05) is 6.54 Å². The van der Waals surface area contributed by atoms with Crippen LogP contribution >= 0.6 is 0 Å². The molecule has 1 N–H and O–H groups in total. The van der Waals surface area contributed by atoms with Crippen molar-refractivity contribution in [1.29, 1.82) is 0 Å². The van der Waals surface area contributed by atoms with Crippen LogP contribution in [-0.4, -0.2) is 31.2 Å². The number of hydrogen-bond donors (Lipinski definition) is 1. The van der Waals surface area contributed by atoms with Crippen LogP contribution < -0.4 is 5.32 Å². The molecular formula is C20H23FN2O3S. The van der Waals surface area contributed by atoms with E-state index in [1.807, 2.05) is 31.2 Å². The van der Waals surface area contributed by atoms with E-state index in [1.54, 1.807) is 0 Å². The number of nitrogens with one attached hydrogen (secondary N) is 1. The molecule has 0 unspecified atom stereocenters. The number of nitrogens with zero attached hydrogens (tertiary/aromatic N) is 1. The summed E-state index contributed by atoms with van der Waals surface area (Å²) < 4.78 is 40.3. The zero-order valence-electron chi connectivity index (χ0n) is 15.2. The van der Waals surface area contributed by atoms with E-state index in [2.05, 4.69) is 5.32 Å². The normalized spacial score (nSPS) is 18.2. The second-order valence-corrected chi connectivity index (χ2v) is 8.68. The number of rotatable bonds is 5. The molecule has 0 aliphatic carbocycles. The molecule has 0 bridgehead atoms. The Kier molecular flexibility index (Phi) is 5.92. The van der Waals surface area contributed by atoms with E-state index in [0.717, 1.165) is 29.7 Å². The highest BCUT2D eigenvalue weighted by Gasteiger charge is 2.37. The molecule has 0 aromatic heterocycles. The molecule has 0 radical (unpaired) electrons. The molecular weight excluding hydrogens is 367 g/mol. The third-order valence-electron chi connectivity index (χ3n) is 4.73. The molecule has 5 nitrogen and oxygen atoms in total. The van der Waals surface area contributed by atoms with E-state index in [9.17, 15) is 17.6 Å². The lowest BCUT2D eigenvalue weighted by atomic mass is 10.0. The van der Waals surface area contributed by atoms with E-state index in [-0.39, 0.29) is 17.3 Å². The summed E-state index contributed by atoms with van der Waals surface area (Å²) in [4.78, 5) is 12.7. The largest absolute Gasteiger partial charge is 0.351 e. The van der Waals surface area contributed by atoms with Gasteiger partial charge in [-0.05, 0) is 49.6 Å². The molecule has 3 rings (SSSR count). The standard InChI is InChI=1S/C20H23FN2O3S/c1-15-5-4-6-16(13-15)14-22-20(24)19-7-2-3-12-23(19)27(25,26)18-10-8-17(21)9-11-18/h4-6,8-11,13,19H,2-3,7,12,14H2,1H3,(H,22,24)/t19-/m1/s1. The number of halogens is 1. The van der Waals surface area contributed by atoms with Gasteiger partial charge in [-0.2, -0.15) is 4.31 Å². The number of amides is 1. The van der Waals surface area contributed by atoms with E-state index in [0.29, 0.717) is 19.4 Å². The van der Waals surface area contributed by atoms with Gasteiger partial charge in [0.15, 0.2) is 0 Å². The van der Waals surface area contributed by atoms with Crippen LogP contribution in [0.25, 0.3) is 0 Å². The third-order valence-corrected chi connectivity index (χ3v) is 6.65. The Bertz CT molecular complexity index is 913. The van der Waals surface area contributed by atoms with Crippen molar-refractivity contribution in [2.24, 2.45) is 0 Å². The average molecular weight is 390 g/mol. The van der Waals surface area contributed by atoms with Crippen molar-refractivity contribution in [2.45, 2.75) is 43.7 Å². The fraction of sp³-hybridized carbons (Fsp3) is 0.350. The Balaban J connectivity index is 1.76. The first kappa shape index (κ1) is 19.5. The zero-order chi connectivity index (χ0) is 19.4. The lowest BCUT2D eigenvalue weighted by Crippen LogP contribution is -2.51. The molecule has 1 fully saturated rings. The van der Waals surface area contributed by atoms with Gasteiger partial charge in [-0.15, -0.1) is 0 Å². The summed E-state index contributed by atoms with van der Waals surface area (Å²) in [6, 6.07) is 11.7. The van der Waals surface area contributed by atoms with Crippen molar-refractivity contribution in [3.05, 3.63) is 65.5 Å².